The van der Waals surface area contributed by atoms with Gasteiger partial charge in [0, 0.05) is 12.0 Å². The van der Waals surface area contributed by atoms with Gasteiger partial charge >= 0.3 is 0 Å². The smallest absolute Gasteiger partial charge is 0.279 e. The lowest BCUT2D eigenvalue weighted by Gasteiger charge is -2.24. The number of nitrogens with zero attached hydrogens (tertiary/aromatic N) is 2. The van der Waals surface area contributed by atoms with Crippen molar-refractivity contribution in [3.05, 3.63) is 89.5 Å². The summed E-state index contributed by atoms with van der Waals surface area (Å²) in [4.78, 5) is 0.0851. The van der Waals surface area contributed by atoms with Crippen LogP contribution in [-0.2, 0) is 20.0 Å². The number of ether oxygens (including phenoxy) is 1. The molecule has 10 heteroatoms. The Morgan fingerprint density at radius 2 is 1.63 bits per heavy atom. The molecule has 3 aromatic rings. The van der Waals surface area contributed by atoms with E-state index in [1.807, 2.05) is 31.2 Å². The molecule has 0 aromatic heterocycles. The second-order valence-electron chi connectivity index (χ2n) is 8.13. The largest absolute Gasteiger partial charge is 0.497 e. The van der Waals surface area contributed by atoms with Crippen LogP contribution in [0.2, 0.25) is 0 Å². The molecule has 0 amide bonds. The van der Waals surface area contributed by atoms with E-state index < -0.39 is 26.1 Å². The number of para-hydroxylation sites is 1. The van der Waals surface area contributed by atoms with Crippen LogP contribution in [0.5, 0.6) is 5.75 Å². The molecule has 1 aliphatic heterocycles. The first-order valence-corrected chi connectivity index (χ1v) is 14.2. The maximum Gasteiger partial charge on any atom is 0.279 e. The molecular formula is C25H27N3O5S2. The Balaban J connectivity index is 1.83. The fourth-order valence-corrected chi connectivity index (χ4v) is 6.07. The highest BCUT2D eigenvalue weighted by Gasteiger charge is 2.39. The van der Waals surface area contributed by atoms with Crippen LogP contribution in [0.4, 0.5) is 5.69 Å². The summed E-state index contributed by atoms with van der Waals surface area (Å²) in [6.45, 7) is 3.48. The predicted octanol–water partition coefficient (Wildman–Crippen LogP) is 4.31. The predicted molar refractivity (Wildman–Crippen MR) is 137 cm³/mol. The zero-order chi connectivity index (χ0) is 25.2. The van der Waals surface area contributed by atoms with E-state index in [0.717, 1.165) is 15.5 Å². The highest BCUT2D eigenvalue weighted by molar-refractivity contribution is 7.92. The van der Waals surface area contributed by atoms with Gasteiger partial charge in [-0.25, -0.2) is 8.42 Å². The van der Waals surface area contributed by atoms with E-state index in [9.17, 15) is 16.8 Å². The second-order valence-corrected chi connectivity index (χ2v) is 11.9. The van der Waals surface area contributed by atoms with E-state index in [0.29, 0.717) is 22.7 Å². The summed E-state index contributed by atoms with van der Waals surface area (Å²) in [6, 6.07) is 20.0. The van der Waals surface area contributed by atoms with Crippen molar-refractivity contribution in [1.82, 2.24) is 4.41 Å². The third-order valence-corrected chi connectivity index (χ3v) is 8.89. The van der Waals surface area contributed by atoms with Gasteiger partial charge in [0.2, 0.25) is 10.0 Å². The minimum atomic E-state index is -4.02. The van der Waals surface area contributed by atoms with Crippen molar-refractivity contribution in [2.45, 2.75) is 31.2 Å². The molecule has 4 rings (SSSR count). The van der Waals surface area contributed by atoms with Crippen LogP contribution in [-0.4, -0.2) is 39.8 Å². The maximum absolute atomic E-state index is 13.7. The number of hydrogen-bond donors (Lipinski definition) is 1. The van der Waals surface area contributed by atoms with Crippen LogP contribution in [0, 0.1) is 6.92 Å². The van der Waals surface area contributed by atoms with Crippen molar-refractivity contribution in [2.75, 3.05) is 17.6 Å². The number of sulfonamides is 2. The average molecular weight is 514 g/mol. The van der Waals surface area contributed by atoms with Gasteiger partial charge < -0.3 is 4.74 Å². The number of anilines is 1. The monoisotopic (exact) mass is 513 g/mol. The van der Waals surface area contributed by atoms with E-state index in [2.05, 4.69) is 9.82 Å². The normalized spacial score (nSPS) is 16.1. The minimum absolute atomic E-state index is 0.0851. The summed E-state index contributed by atoms with van der Waals surface area (Å²) >= 11 is 0. The van der Waals surface area contributed by atoms with Gasteiger partial charge in [-0.2, -0.15) is 17.9 Å². The molecule has 8 nitrogen and oxygen atoms in total. The van der Waals surface area contributed by atoms with E-state index in [1.165, 1.54) is 19.2 Å². The van der Waals surface area contributed by atoms with Gasteiger partial charge in [-0.05, 0) is 55.3 Å². The molecule has 0 radical (unpaired) electrons. The van der Waals surface area contributed by atoms with Gasteiger partial charge in [0.05, 0.1) is 35.2 Å². The van der Waals surface area contributed by atoms with Crippen molar-refractivity contribution in [3.8, 4) is 5.75 Å². The lowest BCUT2D eigenvalue weighted by atomic mass is 9.95. The second kappa shape index (κ2) is 9.71. The Morgan fingerprint density at radius 3 is 2.29 bits per heavy atom. The molecule has 35 heavy (non-hydrogen) atoms. The Labute approximate surface area is 206 Å². The summed E-state index contributed by atoms with van der Waals surface area (Å²) in [5.41, 5.74) is 3.14. The maximum atomic E-state index is 13.7. The molecule has 1 heterocycles. The molecule has 0 bridgehead atoms. The topological polar surface area (TPSA) is 105 Å². The molecule has 1 N–H and O–H groups in total. The molecule has 0 fully saturated rings. The first-order valence-electron chi connectivity index (χ1n) is 11.1. The summed E-state index contributed by atoms with van der Waals surface area (Å²) in [5, 5.41) is 4.56. The van der Waals surface area contributed by atoms with Crippen molar-refractivity contribution in [2.24, 2.45) is 5.10 Å². The van der Waals surface area contributed by atoms with Gasteiger partial charge in [0.25, 0.3) is 10.0 Å². The van der Waals surface area contributed by atoms with Crippen LogP contribution in [0.15, 0.2) is 82.8 Å². The van der Waals surface area contributed by atoms with Crippen molar-refractivity contribution in [3.63, 3.8) is 0 Å². The molecule has 0 aliphatic carbocycles. The molecule has 1 atom stereocenters. The highest BCUT2D eigenvalue weighted by Crippen LogP contribution is 2.39. The SMILES string of the molecule is CCS(=O)(=O)Nc1ccccc1C1=NN(S(=O)(=O)c2ccc(OC)cc2)[C@H](c2ccccc2C)C1. The van der Waals surface area contributed by atoms with E-state index in [1.54, 1.807) is 43.3 Å². The summed E-state index contributed by atoms with van der Waals surface area (Å²) < 4.78 is 60.9. The fraction of sp³-hybridized carbons (Fsp3) is 0.240. The molecule has 0 saturated carbocycles. The first kappa shape index (κ1) is 24.7. The number of hydrazone groups is 1. The number of aryl methyl sites for hydroxylation is 1. The third kappa shape index (κ3) is 5.03. The minimum Gasteiger partial charge on any atom is -0.497 e. The highest BCUT2D eigenvalue weighted by atomic mass is 32.2. The zero-order valence-corrected chi connectivity index (χ0v) is 21.3. The molecule has 0 spiro atoms. The lowest BCUT2D eigenvalue weighted by molar-refractivity contribution is 0.370. The number of nitrogens with one attached hydrogen (secondary N) is 1. The van der Waals surface area contributed by atoms with Crippen molar-refractivity contribution in [1.29, 1.82) is 0 Å². The Hall–Kier alpha value is -3.37. The Morgan fingerprint density at radius 1 is 0.971 bits per heavy atom. The molecule has 1 aliphatic rings. The molecular weight excluding hydrogens is 486 g/mol. The zero-order valence-electron chi connectivity index (χ0n) is 19.7. The number of hydrogen-bond acceptors (Lipinski definition) is 6. The number of benzene rings is 3. The molecule has 0 saturated heterocycles. The summed E-state index contributed by atoms with van der Waals surface area (Å²) in [7, 11) is -6.04. The molecule has 184 valence electrons. The van der Waals surface area contributed by atoms with E-state index in [-0.39, 0.29) is 17.1 Å². The van der Waals surface area contributed by atoms with Crippen LogP contribution < -0.4 is 9.46 Å². The molecule has 3 aromatic carbocycles. The van der Waals surface area contributed by atoms with Gasteiger partial charge in [-0.1, -0.05) is 42.5 Å². The van der Waals surface area contributed by atoms with Crippen LogP contribution in [0.1, 0.15) is 36.1 Å². The lowest BCUT2D eigenvalue weighted by Crippen LogP contribution is -2.27. The standard InChI is InChI=1S/C25H27N3O5S2/c1-4-34(29,30)27-23-12-8-7-11-22(23)24-17-25(21-10-6-5-9-18(21)2)28(26-24)35(31,32)20-15-13-19(33-3)14-16-20/h5-16,25,27H,4,17H2,1-3H3/t25-/m0/s1. The van der Waals surface area contributed by atoms with E-state index in [4.69, 9.17) is 4.74 Å². The van der Waals surface area contributed by atoms with Gasteiger partial charge in [0.1, 0.15) is 5.75 Å². The van der Waals surface area contributed by atoms with E-state index >= 15 is 0 Å². The van der Waals surface area contributed by atoms with Crippen molar-refractivity contribution >= 4 is 31.4 Å². The van der Waals surface area contributed by atoms with Crippen LogP contribution in [0.3, 0.4) is 0 Å². The van der Waals surface area contributed by atoms with Gasteiger partial charge in [-0.3, -0.25) is 4.72 Å². The van der Waals surface area contributed by atoms with Crippen molar-refractivity contribution < 1.29 is 21.6 Å². The number of methoxy groups -OCH3 is 1. The summed E-state index contributed by atoms with van der Waals surface area (Å²) in [6.07, 6.45) is 0.283. The average Bonchev–Trinajstić information content (AvgIpc) is 3.30. The Kier molecular flexibility index (Phi) is 6.86. The van der Waals surface area contributed by atoms with Crippen LogP contribution in [0.25, 0.3) is 0 Å². The van der Waals surface area contributed by atoms with Gasteiger partial charge in [0.15, 0.2) is 0 Å². The molecule has 0 unspecified atom stereocenters. The summed E-state index contributed by atoms with van der Waals surface area (Å²) in [5.74, 6) is 0.458. The fourth-order valence-electron chi connectivity index (χ4n) is 3.98. The quantitative estimate of drug-likeness (QED) is 0.483. The van der Waals surface area contributed by atoms with Crippen LogP contribution >= 0.6 is 0 Å². The van der Waals surface area contributed by atoms with Gasteiger partial charge in [-0.15, -0.1) is 0 Å². The Bertz CT molecular complexity index is 1470. The number of rotatable bonds is 8. The third-order valence-electron chi connectivity index (χ3n) is 5.91. The first-order chi connectivity index (χ1) is 16.7.